The van der Waals surface area contributed by atoms with Crippen molar-refractivity contribution in [2.45, 2.75) is 67.6 Å². The number of fused-ring (bicyclic) bond motifs is 11. The molecule has 2 aliphatic rings. The molecule has 12 rings (SSSR count). The van der Waals surface area contributed by atoms with E-state index in [1.165, 1.54) is 98.1 Å². The first-order valence-corrected chi connectivity index (χ1v) is 24.5. The number of rotatable bonds is 5. The van der Waals surface area contributed by atoms with Crippen LogP contribution < -0.4 is 4.90 Å². The molecule has 1 aliphatic carbocycles. The average Bonchev–Trinajstić information content (AvgIpc) is 3.63. The van der Waals surface area contributed by atoms with Gasteiger partial charge in [0.25, 0.3) is 0 Å². The largest absolute Gasteiger partial charge is 0.309 e. The van der Waals surface area contributed by atoms with Crippen molar-refractivity contribution in [3.05, 3.63) is 246 Å². The van der Waals surface area contributed by atoms with Crippen molar-refractivity contribution >= 4 is 50.4 Å². The van der Waals surface area contributed by atoms with Gasteiger partial charge in [0, 0.05) is 26.3 Å². The Bertz CT molecular complexity index is 3520. The van der Waals surface area contributed by atoms with Crippen LogP contribution in [0.25, 0.3) is 54.9 Å². The molecule has 0 bridgehead atoms. The Hall–Kier alpha value is -7.13. The van der Waals surface area contributed by atoms with E-state index >= 15 is 0 Å². The predicted octanol–water partition coefficient (Wildman–Crippen LogP) is 18.2. The van der Waals surface area contributed by atoms with Gasteiger partial charge in [0.2, 0.25) is 0 Å². The fraction of sp³-hybridized carbons (Fsp3) is 0.138. The Labute approximate surface area is 399 Å². The molecule has 67 heavy (non-hydrogen) atoms. The van der Waals surface area contributed by atoms with Gasteiger partial charge in [-0.2, -0.15) is 0 Å². The molecule has 0 N–H and O–H groups in total. The monoisotopic (exact) mass is 879 g/mol. The second-order valence-corrected chi connectivity index (χ2v) is 21.6. The minimum atomic E-state index is -0.536. The molecule has 0 aromatic heterocycles. The van der Waals surface area contributed by atoms with E-state index in [1.54, 1.807) is 0 Å². The Balaban J connectivity index is 1.15. The number of hydrogen-bond acceptors (Lipinski definition) is 2. The van der Waals surface area contributed by atoms with Gasteiger partial charge in [-0.1, -0.05) is 229 Å². The summed E-state index contributed by atoms with van der Waals surface area (Å²) in [6.45, 7) is 14.1. The van der Waals surface area contributed by atoms with E-state index in [9.17, 15) is 0 Å². The lowest BCUT2D eigenvalue weighted by molar-refractivity contribution is 0.581. The Morgan fingerprint density at radius 1 is 0.343 bits per heavy atom. The third-order valence-electron chi connectivity index (χ3n) is 14.5. The van der Waals surface area contributed by atoms with Gasteiger partial charge in [-0.3, -0.25) is 0 Å². The zero-order valence-electron chi connectivity index (χ0n) is 39.1. The molecular formula is C65H53NS. The van der Waals surface area contributed by atoms with Crippen molar-refractivity contribution in [1.82, 2.24) is 0 Å². The van der Waals surface area contributed by atoms with Crippen molar-refractivity contribution in [1.29, 1.82) is 0 Å². The van der Waals surface area contributed by atoms with E-state index in [0.717, 1.165) is 17.1 Å². The number of benzene rings is 10. The molecule has 0 fully saturated rings. The van der Waals surface area contributed by atoms with Crippen LogP contribution >= 0.6 is 11.8 Å². The summed E-state index contributed by atoms with van der Waals surface area (Å²) in [6, 6.07) is 80.2. The predicted molar refractivity (Wildman–Crippen MR) is 286 cm³/mol. The van der Waals surface area contributed by atoms with E-state index in [1.807, 2.05) is 11.8 Å². The molecule has 0 amide bonds. The van der Waals surface area contributed by atoms with E-state index in [4.69, 9.17) is 0 Å². The summed E-state index contributed by atoms with van der Waals surface area (Å²) < 4.78 is 0. The Morgan fingerprint density at radius 2 is 0.821 bits per heavy atom. The third-order valence-corrected chi connectivity index (χ3v) is 15.6. The lowest BCUT2D eigenvalue weighted by atomic mass is 9.65. The van der Waals surface area contributed by atoms with E-state index in [2.05, 4.69) is 259 Å². The lowest BCUT2D eigenvalue weighted by Gasteiger charge is -2.41. The van der Waals surface area contributed by atoms with E-state index < -0.39 is 5.41 Å². The molecule has 0 saturated carbocycles. The smallest absolute Gasteiger partial charge is 0.0735 e. The molecule has 0 atom stereocenters. The van der Waals surface area contributed by atoms with Gasteiger partial charge < -0.3 is 4.90 Å². The first-order chi connectivity index (χ1) is 32.5. The molecule has 2 heteroatoms. The highest BCUT2D eigenvalue weighted by atomic mass is 32.2. The molecule has 0 saturated heterocycles. The van der Waals surface area contributed by atoms with Crippen LogP contribution in [0.4, 0.5) is 17.1 Å². The first-order valence-electron chi connectivity index (χ1n) is 23.7. The third kappa shape index (κ3) is 6.52. The molecule has 1 aliphatic heterocycles. The highest BCUT2D eigenvalue weighted by Crippen LogP contribution is 2.63. The van der Waals surface area contributed by atoms with Crippen LogP contribution in [0, 0.1) is 0 Å². The highest BCUT2D eigenvalue weighted by Gasteiger charge is 2.51. The summed E-state index contributed by atoms with van der Waals surface area (Å²) in [5.74, 6) is 0. The quantitative estimate of drug-likeness (QED) is 0.169. The molecule has 0 radical (unpaired) electrons. The van der Waals surface area contributed by atoms with Crippen molar-refractivity contribution in [3.8, 4) is 33.4 Å². The maximum Gasteiger partial charge on any atom is 0.0735 e. The highest BCUT2D eigenvalue weighted by molar-refractivity contribution is 7.99. The summed E-state index contributed by atoms with van der Waals surface area (Å²) in [4.78, 5) is 5.17. The second kappa shape index (κ2) is 15.5. The topological polar surface area (TPSA) is 3.24 Å². The molecule has 1 spiro atoms. The summed E-state index contributed by atoms with van der Waals surface area (Å²) in [7, 11) is 0. The number of nitrogens with zero attached hydrogens (tertiary/aromatic N) is 1. The van der Waals surface area contributed by atoms with Gasteiger partial charge in [0.1, 0.15) is 0 Å². The summed E-state index contributed by atoms with van der Waals surface area (Å²) >= 11 is 1.93. The van der Waals surface area contributed by atoms with Crippen LogP contribution in [0.2, 0.25) is 0 Å². The van der Waals surface area contributed by atoms with Gasteiger partial charge in [-0.25, -0.2) is 0 Å². The number of anilines is 3. The Morgan fingerprint density at radius 3 is 1.49 bits per heavy atom. The molecule has 10 aromatic carbocycles. The van der Waals surface area contributed by atoms with Crippen molar-refractivity contribution in [2.24, 2.45) is 0 Å². The normalized spacial score (nSPS) is 13.6. The first kappa shape index (κ1) is 41.3. The molecule has 10 aromatic rings. The zero-order valence-corrected chi connectivity index (χ0v) is 39.9. The minimum Gasteiger partial charge on any atom is -0.309 e. The minimum absolute atomic E-state index is 0.0242. The Kier molecular flexibility index (Phi) is 9.54. The SMILES string of the molecule is CC(C)(C)c1ccc2c(c1)C1(c3cc(C(C)(C)C)ccc3S2)c2ccccc2-c2ccc(-c3ccccc3N(c3ccccc3-c3cccc4ccccc34)c3cccc4ccccc34)cc21. The number of hydrogen-bond donors (Lipinski definition) is 0. The second-order valence-electron chi connectivity index (χ2n) is 20.5. The number of para-hydroxylation sites is 2. The molecule has 0 unspecified atom stereocenters. The zero-order chi connectivity index (χ0) is 45.7. The van der Waals surface area contributed by atoms with Crippen molar-refractivity contribution in [3.63, 3.8) is 0 Å². The molecule has 1 heterocycles. The standard InChI is InChI=1S/C65H53NS/c1-63(2,3)45-34-37-61-56(40-45)65(57-41-46(64(4,5)6)35-38-62(57)67-61)54-29-14-11-26-51(54)52-36-33-44(39-55(52)65)49-25-12-15-30-58(49)66(59-32-18-22-43-20-8-10-24-48(43)59)60-31-16-13-27-53(60)50-28-17-21-42-19-7-9-23-47(42)50/h7-41H,1-6H3. The fourth-order valence-corrected chi connectivity index (χ4v) is 12.3. The van der Waals surface area contributed by atoms with Crippen LogP contribution in [-0.2, 0) is 16.2 Å². The summed E-state index contributed by atoms with van der Waals surface area (Å²) in [5, 5.41) is 4.88. The van der Waals surface area contributed by atoms with Gasteiger partial charge >= 0.3 is 0 Å². The fourth-order valence-electron chi connectivity index (χ4n) is 11.1. The van der Waals surface area contributed by atoms with Crippen LogP contribution in [0.5, 0.6) is 0 Å². The summed E-state index contributed by atoms with van der Waals surface area (Å²) in [6.07, 6.45) is 0. The van der Waals surface area contributed by atoms with Gasteiger partial charge in [0.15, 0.2) is 0 Å². The molecule has 1 nitrogen and oxygen atoms in total. The maximum absolute atomic E-state index is 2.56. The average molecular weight is 880 g/mol. The summed E-state index contributed by atoms with van der Waals surface area (Å²) in [5.41, 5.74) is 18.3. The molecule has 324 valence electrons. The van der Waals surface area contributed by atoms with E-state index in [-0.39, 0.29) is 10.8 Å². The van der Waals surface area contributed by atoms with Crippen LogP contribution in [0.15, 0.2) is 222 Å². The lowest BCUT2D eigenvalue weighted by Crippen LogP contribution is -2.33. The maximum atomic E-state index is 2.56. The van der Waals surface area contributed by atoms with Crippen LogP contribution in [-0.4, -0.2) is 0 Å². The van der Waals surface area contributed by atoms with E-state index in [0.29, 0.717) is 0 Å². The van der Waals surface area contributed by atoms with Crippen LogP contribution in [0.1, 0.15) is 74.9 Å². The van der Waals surface area contributed by atoms with Crippen molar-refractivity contribution in [2.75, 3.05) is 4.90 Å². The molecular weight excluding hydrogens is 827 g/mol. The van der Waals surface area contributed by atoms with Crippen LogP contribution in [0.3, 0.4) is 0 Å². The van der Waals surface area contributed by atoms with Gasteiger partial charge in [0.05, 0.1) is 22.5 Å². The van der Waals surface area contributed by atoms with Gasteiger partial charge in [-0.15, -0.1) is 0 Å². The van der Waals surface area contributed by atoms with Gasteiger partial charge in [-0.05, 0) is 119 Å². The van der Waals surface area contributed by atoms with Crippen molar-refractivity contribution < 1.29 is 0 Å².